The van der Waals surface area contributed by atoms with Crippen LogP contribution in [0, 0.1) is 0 Å². The van der Waals surface area contributed by atoms with Crippen LogP contribution in [-0.4, -0.2) is 55.1 Å². The third kappa shape index (κ3) is 4.47. The van der Waals surface area contributed by atoms with E-state index in [9.17, 15) is 9.59 Å². The van der Waals surface area contributed by atoms with Crippen LogP contribution in [0.5, 0.6) is 0 Å². The number of methoxy groups -OCH3 is 1. The number of benzene rings is 1. The maximum Gasteiger partial charge on any atom is 0.409 e. The van der Waals surface area contributed by atoms with Crippen LogP contribution in [0.25, 0.3) is 0 Å². The highest BCUT2D eigenvalue weighted by Gasteiger charge is 2.24. The number of piperazine rings is 1. The summed E-state index contributed by atoms with van der Waals surface area (Å²) >= 11 is 0. The largest absolute Gasteiger partial charge is 0.453 e. The van der Waals surface area contributed by atoms with Gasteiger partial charge in [-0.2, -0.15) is 0 Å². The van der Waals surface area contributed by atoms with E-state index >= 15 is 0 Å². The van der Waals surface area contributed by atoms with Crippen LogP contribution in [0.4, 0.5) is 4.79 Å². The number of carbonyl (C=O) groups excluding carboxylic acids is 2. The molecule has 1 aromatic carbocycles. The van der Waals surface area contributed by atoms with Crippen molar-refractivity contribution >= 4 is 12.0 Å². The molecule has 23 heavy (non-hydrogen) atoms. The Kier molecular flexibility index (Phi) is 5.29. The first-order valence-electron chi connectivity index (χ1n) is 8.01. The van der Waals surface area contributed by atoms with Gasteiger partial charge in [0.1, 0.15) is 0 Å². The van der Waals surface area contributed by atoms with Gasteiger partial charge in [0.2, 0.25) is 5.91 Å². The molecule has 0 bridgehead atoms. The molecule has 1 saturated heterocycles. The van der Waals surface area contributed by atoms with Crippen LogP contribution < -0.4 is 0 Å². The molecule has 1 heterocycles. The molecule has 5 nitrogen and oxygen atoms in total. The fourth-order valence-electron chi connectivity index (χ4n) is 2.68. The summed E-state index contributed by atoms with van der Waals surface area (Å²) < 4.78 is 4.70. The molecule has 0 radical (unpaired) electrons. The van der Waals surface area contributed by atoms with Crippen LogP contribution in [0.3, 0.4) is 0 Å². The zero-order valence-corrected chi connectivity index (χ0v) is 14.5. The first-order chi connectivity index (χ1) is 10.8. The average molecular weight is 318 g/mol. The van der Waals surface area contributed by atoms with E-state index in [2.05, 4.69) is 32.9 Å². The van der Waals surface area contributed by atoms with E-state index in [4.69, 9.17) is 4.74 Å². The van der Waals surface area contributed by atoms with Gasteiger partial charge in [-0.3, -0.25) is 4.79 Å². The van der Waals surface area contributed by atoms with Gasteiger partial charge >= 0.3 is 6.09 Å². The Balaban J connectivity index is 1.89. The number of ether oxygens (including phenoxy) is 1. The lowest BCUT2D eigenvalue weighted by Crippen LogP contribution is -2.50. The minimum atomic E-state index is -0.324. The summed E-state index contributed by atoms with van der Waals surface area (Å²) in [4.78, 5) is 27.3. The molecule has 0 aromatic heterocycles. The van der Waals surface area contributed by atoms with Gasteiger partial charge in [-0.05, 0) is 16.5 Å². The Hall–Kier alpha value is -2.04. The van der Waals surface area contributed by atoms with Crippen LogP contribution in [0.1, 0.15) is 31.9 Å². The molecule has 0 saturated carbocycles. The van der Waals surface area contributed by atoms with Crippen molar-refractivity contribution in [3.8, 4) is 0 Å². The number of hydrogen-bond donors (Lipinski definition) is 0. The van der Waals surface area contributed by atoms with Crippen LogP contribution >= 0.6 is 0 Å². The van der Waals surface area contributed by atoms with Crippen molar-refractivity contribution in [3.63, 3.8) is 0 Å². The lowest BCUT2D eigenvalue weighted by Gasteiger charge is -2.33. The molecule has 1 fully saturated rings. The molecular weight excluding hydrogens is 292 g/mol. The van der Waals surface area contributed by atoms with E-state index in [-0.39, 0.29) is 17.4 Å². The van der Waals surface area contributed by atoms with Crippen molar-refractivity contribution in [2.75, 3.05) is 33.3 Å². The number of carbonyl (C=O) groups is 2. The summed E-state index contributed by atoms with van der Waals surface area (Å²) in [7, 11) is 1.38. The number of hydrogen-bond acceptors (Lipinski definition) is 3. The fourth-order valence-corrected chi connectivity index (χ4v) is 2.68. The highest BCUT2D eigenvalue weighted by Crippen LogP contribution is 2.22. The zero-order chi connectivity index (χ0) is 17.0. The third-order valence-corrected chi connectivity index (χ3v) is 4.24. The summed E-state index contributed by atoms with van der Waals surface area (Å²) in [6, 6.07) is 8.25. The second-order valence-corrected chi connectivity index (χ2v) is 6.96. The number of nitrogens with zero attached hydrogens (tertiary/aromatic N) is 2. The van der Waals surface area contributed by atoms with Gasteiger partial charge in [0.05, 0.1) is 13.5 Å². The molecular formula is C18H26N2O3. The molecule has 0 aliphatic carbocycles. The Labute approximate surface area is 138 Å². The minimum absolute atomic E-state index is 0.109. The topological polar surface area (TPSA) is 49.9 Å². The molecule has 0 atom stereocenters. The quantitative estimate of drug-likeness (QED) is 0.841. The molecule has 1 aromatic rings. The molecule has 1 aliphatic rings. The van der Waals surface area contributed by atoms with E-state index < -0.39 is 0 Å². The second kappa shape index (κ2) is 7.02. The van der Waals surface area contributed by atoms with Crippen LogP contribution in [0.2, 0.25) is 0 Å². The van der Waals surface area contributed by atoms with Crippen molar-refractivity contribution in [2.24, 2.45) is 0 Å². The highest BCUT2D eigenvalue weighted by atomic mass is 16.5. The lowest BCUT2D eigenvalue weighted by molar-refractivity contribution is -0.132. The molecule has 0 spiro atoms. The summed E-state index contributed by atoms with van der Waals surface area (Å²) in [6.45, 7) is 8.71. The Bertz CT molecular complexity index is 553. The normalized spacial score (nSPS) is 15.5. The van der Waals surface area contributed by atoms with E-state index in [1.54, 1.807) is 4.90 Å². The summed E-state index contributed by atoms with van der Waals surface area (Å²) in [5.41, 5.74) is 2.41. The van der Waals surface area contributed by atoms with E-state index in [0.29, 0.717) is 32.6 Å². The van der Waals surface area contributed by atoms with Crippen molar-refractivity contribution in [3.05, 3.63) is 35.4 Å². The molecule has 2 rings (SSSR count). The maximum absolute atomic E-state index is 12.4. The van der Waals surface area contributed by atoms with E-state index in [0.717, 1.165) is 5.56 Å². The molecule has 126 valence electrons. The predicted molar refractivity (Wildman–Crippen MR) is 89.4 cm³/mol. The van der Waals surface area contributed by atoms with Gasteiger partial charge in [-0.25, -0.2) is 4.79 Å². The third-order valence-electron chi connectivity index (χ3n) is 4.24. The minimum Gasteiger partial charge on any atom is -0.453 e. The van der Waals surface area contributed by atoms with Crippen LogP contribution in [-0.2, 0) is 21.4 Å². The summed E-state index contributed by atoms with van der Waals surface area (Å²) in [6.07, 6.45) is 0.0812. The molecule has 5 heteroatoms. The second-order valence-electron chi connectivity index (χ2n) is 6.96. The summed E-state index contributed by atoms with van der Waals surface area (Å²) in [5, 5.41) is 0. The standard InChI is InChI=1S/C18H26N2O3/c1-18(2,3)15-7-5-14(6-8-15)13-16(21)19-9-11-20(12-10-19)17(22)23-4/h5-8H,9-13H2,1-4H3. The fraction of sp³-hybridized carbons (Fsp3) is 0.556. The monoisotopic (exact) mass is 318 g/mol. The van der Waals surface area contributed by atoms with Crippen molar-refractivity contribution < 1.29 is 14.3 Å². The van der Waals surface area contributed by atoms with Crippen molar-refractivity contribution in [1.29, 1.82) is 0 Å². The van der Waals surface area contributed by atoms with Gasteiger partial charge in [-0.15, -0.1) is 0 Å². The highest BCUT2D eigenvalue weighted by molar-refractivity contribution is 5.79. The lowest BCUT2D eigenvalue weighted by atomic mass is 9.86. The smallest absolute Gasteiger partial charge is 0.409 e. The molecule has 1 aliphatic heterocycles. The number of rotatable bonds is 2. The van der Waals surface area contributed by atoms with Crippen molar-refractivity contribution in [2.45, 2.75) is 32.6 Å². The van der Waals surface area contributed by atoms with Gasteiger partial charge in [-0.1, -0.05) is 45.0 Å². The SMILES string of the molecule is COC(=O)N1CCN(C(=O)Cc2ccc(C(C)(C)C)cc2)CC1. The first-order valence-corrected chi connectivity index (χ1v) is 8.01. The molecule has 2 amide bonds. The van der Waals surface area contributed by atoms with Crippen LogP contribution in [0.15, 0.2) is 24.3 Å². The Morgan fingerprint density at radius 2 is 1.52 bits per heavy atom. The van der Waals surface area contributed by atoms with Gasteiger partial charge in [0.15, 0.2) is 0 Å². The number of amides is 2. The zero-order valence-electron chi connectivity index (χ0n) is 14.5. The maximum atomic E-state index is 12.4. The van der Waals surface area contributed by atoms with E-state index in [1.165, 1.54) is 12.7 Å². The predicted octanol–water partition coefficient (Wildman–Crippen LogP) is 2.44. The van der Waals surface area contributed by atoms with E-state index in [1.807, 2.05) is 17.0 Å². The Morgan fingerprint density at radius 1 is 1.00 bits per heavy atom. The van der Waals surface area contributed by atoms with Crippen molar-refractivity contribution in [1.82, 2.24) is 9.80 Å². The molecule has 0 unspecified atom stereocenters. The summed E-state index contributed by atoms with van der Waals surface area (Å²) in [5.74, 6) is 0.109. The average Bonchev–Trinajstić information content (AvgIpc) is 2.54. The van der Waals surface area contributed by atoms with Gasteiger partial charge in [0, 0.05) is 26.2 Å². The molecule has 0 N–H and O–H groups in total. The first kappa shape index (κ1) is 17.3. The van der Waals surface area contributed by atoms with Gasteiger partial charge in [0.25, 0.3) is 0 Å². The Morgan fingerprint density at radius 3 is 2.00 bits per heavy atom. The van der Waals surface area contributed by atoms with Gasteiger partial charge < -0.3 is 14.5 Å².